The Balaban J connectivity index is 2.52. The quantitative estimate of drug-likeness (QED) is 0.916. The van der Waals surface area contributed by atoms with E-state index in [4.69, 9.17) is 5.73 Å². The Hall–Kier alpha value is -1.34. The van der Waals surface area contributed by atoms with Gasteiger partial charge in [-0.25, -0.2) is 18.7 Å². The van der Waals surface area contributed by atoms with E-state index in [2.05, 4.69) is 9.97 Å². The summed E-state index contributed by atoms with van der Waals surface area (Å²) >= 11 is 1.55. The van der Waals surface area contributed by atoms with Gasteiger partial charge in [-0.2, -0.15) is 0 Å². The Morgan fingerprint density at radius 3 is 2.74 bits per heavy atom. The van der Waals surface area contributed by atoms with Crippen LogP contribution in [0.1, 0.15) is 10.4 Å². The third-order valence-corrected chi connectivity index (χ3v) is 4.12. The summed E-state index contributed by atoms with van der Waals surface area (Å²) in [5, 5.41) is 0.860. The molecule has 0 aliphatic rings. The summed E-state index contributed by atoms with van der Waals surface area (Å²) in [7, 11) is 0. The molecule has 2 rings (SSSR count). The molecule has 0 saturated carbocycles. The maximum absolute atomic E-state index is 12.7. The van der Waals surface area contributed by atoms with Crippen molar-refractivity contribution in [1.29, 1.82) is 0 Å². The number of rotatable bonds is 5. The van der Waals surface area contributed by atoms with E-state index in [1.165, 1.54) is 11.2 Å². The molecule has 0 saturated heterocycles. The van der Waals surface area contributed by atoms with E-state index in [-0.39, 0.29) is 6.54 Å². The number of nitrogens with two attached hydrogens (primary N) is 1. The highest BCUT2D eigenvalue weighted by molar-refractivity contribution is 7.18. The maximum atomic E-state index is 12.7. The lowest BCUT2D eigenvalue weighted by Crippen LogP contribution is -2.34. The van der Waals surface area contributed by atoms with E-state index in [9.17, 15) is 8.78 Å². The highest BCUT2D eigenvalue weighted by Crippen LogP contribution is 2.34. The second kappa shape index (κ2) is 5.75. The lowest BCUT2D eigenvalue weighted by molar-refractivity contribution is 0.155. The number of nitrogens with zero attached hydrogens (tertiary/aromatic N) is 3. The van der Waals surface area contributed by atoms with E-state index in [1.54, 1.807) is 11.3 Å². The van der Waals surface area contributed by atoms with Gasteiger partial charge in [-0.05, 0) is 19.4 Å². The molecule has 4 nitrogen and oxygen atoms in total. The number of aromatic nitrogens is 2. The van der Waals surface area contributed by atoms with Gasteiger partial charge in [-0.3, -0.25) is 0 Å². The molecule has 0 aliphatic carbocycles. The minimum Gasteiger partial charge on any atom is -0.349 e. The summed E-state index contributed by atoms with van der Waals surface area (Å²) in [5.74, 6) is 0.553. The summed E-state index contributed by atoms with van der Waals surface area (Å²) < 4.78 is 25.4. The number of hydrogen-bond acceptors (Lipinski definition) is 5. The van der Waals surface area contributed by atoms with Crippen molar-refractivity contribution in [2.24, 2.45) is 5.73 Å². The average Bonchev–Trinajstić information content (AvgIpc) is 2.64. The van der Waals surface area contributed by atoms with Gasteiger partial charge in [0, 0.05) is 18.0 Å². The van der Waals surface area contributed by atoms with Crippen LogP contribution in [0.2, 0.25) is 0 Å². The molecule has 19 heavy (non-hydrogen) atoms. The molecule has 0 bridgehead atoms. The zero-order valence-corrected chi connectivity index (χ0v) is 11.7. The molecule has 2 aromatic rings. The van der Waals surface area contributed by atoms with Gasteiger partial charge < -0.3 is 10.6 Å². The summed E-state index contributed by atoms with van der Waals surface area (Å²) in [6.07, 6.45) is -1.00. The third kappa shape index (κ3) is 2.82. The van der Waals surface area contributed by atoms with Crippen molar-refractivity contribution in [3.8, 4) is 0 Å². The Kier molecular flexibility index (Phi) is 4.26. The predicted octanol–water partition coefficient (Wildman–Crippen LogP) is 2.34. The average molecular weight is 286 g/mol. The van der Waals surface area contributed by atoms with Crippen LogP contribution in [0, 0.1) is 13.8 Å². The van der Waals surface area contributed by atoms with Crippen LogP contribution in [0.5, 0.6) is 0 Å². The van der Waals surface area contributed by atoms with E-state index in [0.717, 1.165) is 20.7 Å². The summed E-state index contributed by atoms with van der Waals surface area (Å²) in [6.45, 7) is 4.25. The largest absolute Gasteiger partial charge is 0.349 e. The number of alkyl halides is 2. The van der Waals surface area contributed by atoms with Crippen molar-refractivity contribution < 1.29 is 8.78 Å². The molecule has 2 N–H and O–H groups in total. The molecule has 0 aliphatic heterocycles. The fraction of sp³-hybridized carbons (Fsp3) is 0.500. The summed E-state index contributed by atoms with van der Waals surface area (Å²) in [6, 6.07) is 0. The van der Waals surface area contributed by atoms with Gasteiger partial charge >= 0.3 is 0 Å². The Bertz CT molecular complexity index is 570. The van der Waals surface area contributed by atoms with Crippen LogP contribution < -0.4 is 10.6 Å². The van der Waals surface area contributed by atoms with Gasteiger partial charge in [0.1, 0.15) is 17.0 Å². The molecule has 2 heterocycles. The Morgan fingerprint density at radius 2 is 2.11 bits per heavy atom. The Labute approximate surface area is 114 Å². The zero-order chi connectivity index (χ0) is 14.0. The second-order valence-electron chi connectivity index (χ2n) is 4.29. The normalized spacial score (nSPS) is 11.5. The fourth-order valence-electron chi connectivity index (χ4n) is 2.01. The number of thiophene rings is 1. The molecule has 0 amide bonds. The van der Waals surface area contributed by atoms with Gasteiger partial charge in [0.05, 0.1) is 11.9 Å². The number of aryl methyl sites for hydroxylation is 2. The van der Waals surface area contributed by atoms with Gasteiger partial charge in [-0.15, -0.1) is 11.3 Å². The van der Waals surface area contributed by atoms with Crippen LogP contribution in [0.3, 0.4) is 0 Å². The first kappa shape index (κ1) is 14.1. The molecule has 7 heteroatoms. The van der Waals surface area contributed by atoms with Crippen LogP contribution in [-0.2, 0) is 0 Å². The summed E-state index contributed by atoms with van der Waals surface area (Å²) in [4.78, 5) is 11.9. The monoisotopic (exact) mass is 286 g/mol. The van der Waals surface area contributed by atoms with Gasteiger partial charge in [0.2, 0.25) is 0 Å². The lowest BCUT2D eigenvalue weighted by atomic mass is 10.2. The van der Waals surface area contributed by atoms with E-state index >= 15 is 0 Å². The third-order valence-electron chi connectivity index (χ3n) is 3.00. The number of fused-ring (bicyclic) bond motifs is 1. The molecule has 0 radical (unpaired) electrons. The van der Waals surface area contributed by atoms with Crippen LogP contribution in [0.15, 0.2) is 6.33 Å². The number of halogens is 2. The molecule has 104 valence electrons. The summed E-state index contributed by atoms with van der Waals surface area (Å²) in [5.41, 5.74) is 6.55. The topological polar surface area (TPSA) is 55.0 Å². The highest BCUT2D eigenvalue weighted by Gasteiger charge is 2.19. The number of anilines is 1. The zero-order valence-electron chi connectivity index (χ0n) is 10.9. The smallest absolute Gasteiger partial charge is 0.255 e. The van der Waals surface area contributed by atoms with Gasteiger partial charge in [-0.1, -0.05) is 0 Å². The van der Waals surface area contributed by atoms with Crippen LogP contribution in [0.25, 0.3) is 10.2 Å². The molecule has 0 aromatic carbocycles. The molecule has 0 unspecified atom stereocenters. The van der Waals surface area contributed by atoms with E-state index in [0.29, 0.717) is 18.9 Å². The van der Waals surface area contributed by atoms with Gasteiger partial charge in [0.15, 0.2) is 0 Å². The van der Waals surface area contributed by atoms with Crippen molar-refractivity contribution >= 4 is 27.4 Å². The van der Waals surface area contributed by atoms with E-state index in [1.807, 2.05) is 13.8 Å². The van der Waals surface area contributed by atoms with Crippen LogP contribution >= 0.6 is 11.3 Å². The lowest BCUT2D eigenvalue weighted by Gasteiger charge is -2.23. The van der Waals surface area contributed by atoms with Crippen LogP contribution in [0.4, 0.5) is 14.6 Å². The van der Waals surface area contributed by atoms with Crippen molar-refractivity contribution in [3.05, 3.63) is 16.8 Å². The second-order valence-corrected chi connectivity index (χ2v) is 5.49. The van der Waals surface area contributed by atoms with Crippen molar-refractivity contribution in [2.45, 2.75) is 20.3 Å². The molecular weight excluding hydrogens is 270 g/mol. The van der Waals surface area contributed by atoms with Gasteiger partial charge in [0.25, 0.3) is 6.43 Å². The minimum atomic E-state index is -2.42. The molecule has 0 spiro atoms. The predicted molar refractivity (Wildman–Crippen MR) is 74.2 cm³/mol. The SMILES string of the molecule is Cc1sc2ncnc(N(CCN)CC(F)F)c2c1C. The maximum Gasteiger partial charge on any atom is 0.255 e. The molecule has 0 fully saturated rings. The Morgan fingerprint density at radius 1 is 1.37 bits per heavy atom. The van der Waals surface area contributed by atoms with Crippen molar-refractivity contribution in [2.75, 3.05) is 24.5 Å². The first-order valence-electron chi connectivity index (χ1n) is 5.98. The minimum absolute atomic E-state index is 0.306. The van der Waals surface area contributed by atoms with Crippen molar-refractivity contribution in [1.82, 2.24) is 9.97 Å². The van der Waals surface area contributed by atoms with Crippen molar-refractivity contribution in [3.63, 3.8) is 0 Å². The molecule has 2 aromatic heterocycles. The molecule has 0 atom stereocenters. The van der Waals surface area contributed by atoms with E-state index < -0.39 is 6.43 Å². The van der Waals surface area contributed by atoms with Crippen LogP contribution in [-0.4, -0.2) is 36.0 Å². The standard InChI is InChI=1S/C12H16F2N4S/c1-7-8(2)19-12-10(7)11(16-6-17-12)18(4-3-15)5-9(13)14/h6,9H,3-5,15H2,1-2H3. The molecular formula is C12H16F2N4S. The fourth-order valence-corrected chi connectivity index (χ4v) is 3.00. The first-order chi connectivity index (χ1) is 9.04. The first-order valence-corrected chi connectivity index (χ1v) is 6.80. The highest BCUT2D eigenvalue weighted by atomic mass is 32.1. The number of hydrogen-bond donors (Lipinski definition) is 1.